The zero-order chi connectivity index (χ0) is 20.1. The van der Waals surface area contributed by atoms with Crippen LogP contribution in [-0.4, -0.2) is 72.4 Å². The summed E-state index contributed by atoms with van der Waals surface area (Å²) in [5.41, 5.74) is 0.915. The molecule has 3 heterocycles. The fourth-order valence-electron chi connectivity index (χ4n) is 3.70. The van der Waals surface area contributed by atoms with E-state index in [1.807, 2.05) is 17.9 Å². The normalized spacial score (nSPS) is 23.2. The van der Waals surface area contributed by atoms with E-state index >= 15 is 0 Å². The van der Waals surface area contributed by atoms with Gasteiger partial charge in [0.25, 0.3) is 0 Å². The third-order valence-electron chi connectivity index (χ3n) is 5.24. The molecule has 0 spiro atoms. The van der Waals surface area contributed by atoms with Crippen molar-refractivity contribution in [1.29, 1.82) is 0 Å². The average molecular weight is 391 g/mol. The van der Waals surface area contributed by atoms with Crippen LogP contribution < -0.4 is 15.1 Å². The van der Waals surface area contributed by atoms with Crippen molar-refractivity contribution in [3.63, 3.8) is 0 Å². The Bertz CT molecular complexity index is 708. The third-order valence-corrected chi connectivity index (χ3v) is 5.24. The molecule has 2 N–H and O–H groups in total. The van der Waals surface area contributed by atoms with Gasteiger partial charge in [-0.15, -0.1) is 0 Å². The van der Waals surface area contributed by atoms with Gasteiger partial charge in [0.05, 0.1) is 19.1 Å². The molecule has 2 fully saturated rings. The van der Waals surface area contributed by atoms with Gasteiger partial charge in [0.1, 0.15) is 5.82 Å². The van der Waals surface area contributed by atoms with Crippen molar-refractivity contribution in [2.24, 2.45) is 5.92 Å². The molecule has 0 saturated carbocycles. The van der Waals surface area contributed by atoms with Crippen molar-refractivity contribution >= 4 is 23.6 Å². The van der Waals surface area contributed by atoms with Crippen LogP contribution in [0.15, 0.2) is 6.07 Å². The summed E-state index contributed by atoms with van der Waals surface area (Å²) in [7, 11) is 0. The van der Waals surface area contributed by atoms with Crippen molar-refractivity contribution in [3.05, 3.63) is 11.8 Å². The summed E-state index contributed by atoms with van der Waals surface area (Å²) in [4.78, 5) is 36.7. The number of hydrogen-bond donors (Lipinski definition) is 2. The van der Waals surface area contributed by atoms with E-state index in [0.29, 0.717) is 45.1 Å². The van der Waals surface area contributed by atoms with Gasteiger partial charge in [0.2, 0.25) is 11.9 Å². The Hall–Kier alpha value is -2.42. The van der Waals surface area contributed by atoms with E-state index < -0.39 is 11.9 Å². The molecule has 9 heteroatoms. The van der Waals surface area contributed by atoms with Crippen molar-refractivity contribution in [2.45, 2.75) is 39.2 Å². The van der Waals surface area contributed by atoms with Crippen molar-refractivity contribution in [3.8, 4) is 0 Å². The Morgan fingerprint density at radius 3 is 2.61 bits per heavy atom. The number of carboxylic acids is 1. The summed E-state index contributed by atoms with van der Waals surface area (Å²) in [6.07, 6.45) is 1.92. The molecule has 154 valence electrons. The van der Waals surface area contributed by atoms with Gasteiger partial charge < -0.3 is 25.0 Å². The van der Waals surface area contributed by atoms with E-state index in [2.05, 4.69) is 15.2 Å². The number of aromatic nitrogens is 2. The van der Waals surface area contributed by atoms with Gasteiger partial charge in [-0.2, -0.15) is 4.98 Å². The minimum Gasteiger partial charge on any atom is -0.481 e. The number of nitrogens with one attached hydrogen (secondary N) is 1. The molecule has 2 aliphatic rings. The molecule has 2 atom stereocenters. The monoisotopic (exact) mass is 391 g/mol. The predicted octanol–water partition coefficient (Wildman–Crippen LogP) is 0.681. The number of rotatable bonds is 5. The topological polar surface area (TPSA) is 108 Å². The first-order valence-corrected chi connectivity index (χ1v) is 9.91. The molecule has 0 bridgehead atoms. The van der Waals surface area contributed by atoms with E-state index in [1.54, 1.807) is 0 Å². The molecular formula is C19H29N5O4. The lowest BCUT2D eigenvalue weighted by Gasteiger charge is -2.30. The lowest BCUT2D eigenvalue weighted by atomic mass is 10.0. The molecular weight excluding hydrogens is 362 g/mol. The molecule has 0 radical (unpaired) electrons. The second-order valence-electron chi connectivity index (χ2n) is 7.39. The number of amides is 1. The number of morpholine rings is 1. The first-order valence-electron chi connectivity index (χ1n) is 9.91. The smallest absolute Gasteiger partial charge is 0.308 e. The molecule has 3 rings (SSSR count). The maximum atomic E-state index is 11.7. The van der Waals surface area contributed by atoms with E-state index in [1.165, 1.54) is 6.92 Å². The van der Waals surface area contributed by atoms with Crippen LogP contribution in [0.2, 0.25) is 0 Å². The lowest BCUT2D eigenvalue weighted by Crippen LogP contribution is -2.43. The number of nitrogens with zero attached hydrogens (tertiary/aromatic N) is 4. The van der Waals surface area contributed by atoms with Gasteiger partial charge in [-0.3, -0.25) is 9.59 Å². The summed E-state index contributed by atoms with van der Waals surface area (Å²) in [5.74, 6) is -0.0383. The Labute approximate surface area is 165 Å². The minimum absolute atomic E-state index is 0.103. The summed E-state index contributed by atoms with van der Waals surface area (Å²) in [6.45, 7) is 7.19. The first-order chi connectivity index (χ1) is 13.5. The van der Waals surface area contributed by atoms with Gasteiger partial charge in [0, 0.05) is 50.9 Å². The maximum absolute atomic E-state index is 11.7. The number of carbonyl (C=O) groups excluding carboxylic acids is 1. The number of anilines is 2. The average Bonchev–Trinajstić information content (AvgIpc) is 2.90. The number of aryl methyl sites for hydroxylation is 1. The summed E-state index contributed by atoms with van der Waals surface area (Å²) in [5, 5.41) is 12.5. The van der Waals surface area contributed by atoms with Crippen molar-refractivity contribution in [2.75, 3.05) is 49.2 Å². The van der Waals surface area contributed by atoms with Crippen molar-refractivity contribution < 1.29 is 19.4 Å². The minimum atomic E-state index is -0.813. The van der Waals surface area contributed by atoms with Gasteiger partial charge in [0.15, 0.2) is 0 Å². The zero-order valence-electron chi connectivity index (χ0n) is 16.6. The van der Waals surface area contributed by atoms with Crippen LogP contribution in [0.3, 0.4) is 0 Å². The van der Waals surface area contributed by atoms with E-state index in [4.69, 9.17) is 9.72 Å². The second kappa shape index (κ2) is 9.18. The van der Waals surface area contributed by atoms with E-state index in [9.17, 15) is 14.7 Å². The molecule has 0 unspecified atom stereocenters. The predicted molar refractivity (Wildman–Crippen MR) is 105 cm³/mol. The standard InChI is InChI=1S/C19H29N5O4/c1-3-15-10-17(22-19(21-15)23-6-8-28-9-7-23)24-11-14(18(26)27)4-5-16(12-24)20-13(2)25/h10,14,16H,3-9,11-12H2,1-2H3,(H,20,25)(H,26,27)/t14-,16+/m0/s1. The summed E-state index contributed by atoms with van der Waals surface area (Å²) < 4.78 is 5.42. The molecule has 1 aromatic heterocycles. The Kier molecular flexibility index (Phi) is 6.66. The Morgan fingerprint density at radius 2 is 1.96 bits per heavy atom. The SMILES string of the molecule is CCc1cc(N2C[C@H](NC(C)=O)CC[C@H](C(=O)O)C2)nc(N2CCOCC2)n1. The van der Waals surface area contributed by atoms with Crippen LogP contribution in [0.25, 0.3) is 0 Å². The number of carboxylic acid groups (broad SMARTS) is 1. The van der Waals surface area contributed by atoms with Gasteiger partial charge in [-0.25, -0.2) is 4.98 Å². The lowest BCUT2D eigenvalue weighted by molar-refractivity contribution is -0.141. The quantitative estimate of drug-likeness (QED) is 0.755. The number of carbonyl (C=O) groups is 2. The molecule has 28 heavy (non-hydrogen) atoms. The molecule has 0 aliphatic carbocycles. The van der Waals surface area contributed by atoms with Gasteiger partial charge >= 0.3 is 5.97 Å². The maximum Gasteiger partial charge on any atom is 0.308 e. The number of aliphatic carboxylic acids is 1. The second-order valence-corrected chi connectivity index (χ2v) is 7.39. The van der Waals surface area contributed by atoms with Crippen LogP contribution in [-0.2, 0) is 20.7 Å². The van der Waals surface area contributed by atoms with Crippen molar-refractivity contribution in [1.82, 2.24) is 15.3 Å². The summed E-state index contributed by atoms with van der Waals surface area (Å²) in [6, 6.07) is 1.83. The van der Waals surface area contributed by atoms with Crippen LogP contribution in [0.1, 0.15) is 32.4 Å². The van der Waals surface area contributed by atoms with Crippen LogP contribution in [0.4, 0.5) is 11.8 Å². The summed E-state index contributed by atoms with van der Waals surface area (Å²) >= 11 is 0. The van der Waals surface area contributed by atoms with Crippen LogP contribution in [0.5, 0.6) is 0 Å². The number of hydrogen-bond acceptors (Lipinski definition) is 7. The van der Waals surface area contributed by atoms with Gasteiger partial charge in [-0.05, 0) is 19.3 Å². The Morgan fingerprint density at radius 1 is 1.21 bits per heavy atom. The third kappa shape index (κ3) is 5.09. The molecule has 2 aliphatic heterocycles. The highest BCUT2D eigenvalue weighted by molar-refractivity contribution is 5.73. The fourth-order valence-corrected chi connectivity index (χ4v) is 3.70. The number of ether oxygens (including phenoxy) is 1. The molecule has 9 nitrogen and oxygen atoms in total. The highest BCUT2D eigenvalue weighted by atomic mass is 16.5. The molecule has 0 aromatic carbocycles. The Balaban J connectivity index is 1.90. The van der Waals surface area contributed by atoms with E-state index in [-0.39, 0.29) is 11.9 Å². The first kappa shape index (κ1) is 20.3. The van der Waals surface area contributed by atoms with Gasteiger partial charge in [-0.1, -0.05) is 6.92 Å². The highest BCUT2D eigenvalue weighted by Gasteiger charge is 2.30. The molecule has 2 saturated heterocycles. The highest BCUT2D eigenvalue weighted by Crippen LogP contribution is 2.25. The van der Waals surface area contributed by atoms with E-state index in [0.717, 1.165) is 31.0 Å². The van der Waals surface area contributed by atoms with Crippen LogP contribution in [0, 0.1) is 5.92 Å². The molecule has 1 amide bonds. The fraction of sp³-hybridized carbons (Fsp3) is 0.684. The van der Waals surface area contributed by atoms with Crippen LogP contribution >= 0.6 is 0 Å². The largest absolute Gasteiger partial charge is 0.481 e. The molecule has 1 aromatic rings. The zero-order valence-corrected chi connectivity index (χ0v) is 16.6.